The summed E-state index contributed by atoms with van der Waals surface area (Å²) in [5, 5.41) is 3.43. The van der Waals surface area contributed by atoms with Crippen LogP contribution in [-0.2, 0) is 15.9 Å². The van der Waals surface area contributed by atoms with Gasteiger partial charge in [-0.3, -0.25) is 0 Å². The number of carbonyl (C=O) groups is 2. The largest absolute Gasteiger partial charge is 0.515 e. The summed E-state index contributed by atoms with van der Waals surface area (Å²) in [5.74, 6) is -0.154. The van der Waals surface area contributed by atoms with Gasteiger partial charge in [-0.25, -0.2) is 9.59 Å². The molecule has 0 N–H and O–H groups in total. The predicted molar refractivity (Wildman–Crippen MR) is 51.9 cm³/mol. The van der Waals surface area contributed by atoms with E-state index in [1.165, 1.54) is 0 Å². The molecule has 0 aliphatic carbocycles. The Labute approximate surface area is 96.4 Å². The standard InChI is InChI=1S/C9H11NO7/c1-4-5-6(15-8(11)13-2)7(10-17-5)16-9(12)14-3/h4H2,1-3H3. The highest BCUT2D eigenvalue weighted by Crippen LogP contribution is 2.31. The molecule has 17 heavy (non-hydrogen) atoms. The quantitative estimate of drug-likeness (QED) is 0.739. The van der Waals surface area contributed by atoms with E-state index in [1.807, 2.05) is 0 Å². The van der Waals surface area contributed by atoms with Gasteiger partial charge in [-0.2, -0.15) is 0 Å². The molecule has 0 aliphatic heterocycles. The van der Waals surface area contributed by atoms with Crippen LogP contribution >= 0.6 is 0 Å². The summed E-state index contributed by atoms with van der Waals surface area (Å²) in [7, 11) is 2.27. The predicted octanol–water partition coefficient (Wildman–Crippen LogP) is 1.53. The van der Waals surface area contributed by atoms with Crippen LogP contribution in [0.3, 0.4) is 0 Å². The third kappa shape index (κ3) is 3.10. The molecule has 0 bridgehead atoms. The maximum atomic E-state index is 11.0. The van der Waals surface area contributed by atoms with Gasteiger partial charge in [-0.15, -0.1) is 0 Å². The first-order chi connectivity index (χ1) is 8.12. The number of nitrogens with zero attached hydrogens (tertiary/aromatic N) is 1. The molecule has 1 aromatic rings. The molecule has 1 rings (SSSR count). The molecule has 94 valence electrons. The lowest BCUT2D eigenvalue weighted by atomic mass is 10.3. The maximum absolute atomic E-state index is 11.0. The molecular formula is C9H11NO7. The van der Waals surface area contributed by atoms with Gasteiger partial charge in [0, 0.05) is 6.42 Å². The zero-order chi connectivity index (χ0) is 12.8. The van der Waals surface area contributed by atoms with Crippen molar-refractivity contribution >= 4 is 12.3 Å². The zero-order valence-electron chi connectivity index (χ0n) is 9.51. The third-order valence-corrected chi connectivity index (χ3v) is 1.71. The Bertz CT molecular complexity index is 411. The molecule has 0 aromatic carbocycles. The molecule has 1 heterocycles. The van der Waals surface area contributed by atoms with Crippen molar-refractivity contribution in [2.75, 3.05) is 14.2 Å². The minimum Gasteiger partial charge on any atom is -0.437 e. The van der Waals surface area contributed by atoms with E-state index in [-0.39, 0.29) is 17.4 Å². The van der Waals surface area contributed by atoms with E-state index in [4.69, 9.17) is 9.26 Å². The number of hydrogen-bond acceptors (Lipinski definition) is 8. The normalized spacial score (nSPS) is 9.59. The van der Waals surface area contributed by atoms with Crippen molar-refractivity contribution in [1.82, 2.24) is 5.16 Å². The Morgan fingerprint density at radius 1 is 1.18 bits per heavy atom. The van der Waals surface area contributed by atoms with E-state index >= 15 is 0 Å². The number of aryl methyl sites for hydroxylation is 1. The summed E-state index contributed by atoms with van der Waals surface area (Å²) >= 11 is 0. The first kappa shape index (κ1) is 12.8. The van der Waals surface area contributed by atoms with Crippen LogP contribution in [0.1, 0.15) is 12.7 Å². The van der Waals surface area contributed by atoms with E-state index in [9.17, 15) is 9.59 Å². The van der Waals surface area contributed by atoms with Gasteiger partial charge in [-0.05, 0) is 5.16 Å². The molecule has 0 unspecified atom stereocenters. The molecule has 0 radical (unpaired) electrons. The fraction of sp³-hybridized carbons (Fsp3) is 0.444. The van der Waals surface area contributed by atoms with Gasteiger partial charge >= 0.3 is 18.2 Å². The van der Waals surface area contributed by atoms with Crippen molar-refractivity contribution in [1.29, 1.82) is 0 Å². The first-order valence-corrected chi connectivity index (χ1v) is 4.62. The Hall–Kier alpha value is -2.25. The van der Waals surface area contributed by atoms with Gasteiger partial charge in [0.2, 0.25) is 5.75 Å². The molecule has 1 aromatic heterocycles. The fourth-order valence-electron chi connectivity index (χ4n) is 0.935. The minimum atomic E-state index is -1.00. The molecule has 8 nitrogen and oxygen atoms in total. The summed E-state index contributed by atoms with van der Waals surface area (Å²) in [6, 6.07) is 0. The van der Waals surface area contributed by atoms with Crippen LogP contribution in [0.5, 0.6) is 11.6 Å². The molecule has 0 aliphatic rings. The molecule has 0 amide bonds. The smallest absolute Gasteiger partial charge is 0.437 e. The summed E-state index contributed by atoms with van der Waals surface area (Å²) < 4.78 is 22.8. The van der Waals surface area contributed by atoms with E-state index in [1.54, 1.807) is 6.92 Å². The second-order valence-corrected chi connectivity index (χ2v) is 2.71. The van der Waals surface area contributed by atoms with Gasteiger partial charge in [0.05, 0.1) is 14.2 Å². The summed E-state index contributed by atoms with van der Waals surface area (Å²) in [6.07, 6.45) is -1.59. The van der Waals surface area contributed by atoms with Gasteiger partial charge in [-0.1, -0.05) is 6.92 Å². The highest BCUT2D eigenvalue weighted by Gasteiger charge is 2.23. The Balaban J connectivity index is 2.93. The summed E-state index contributed by atoms with van der Waals surface area (Å²) in [5.41, 5.74) is 0. The number of ether oxygens (including phenoxy) is 4. The SMILES string of the molecule is CCc1onc(OC(=O)OC)c1OC(=O)OC. The van der Waals surface area contributed by atoms with Crippen LogP contribution in [-0.4, -0.2) is 31.7 Å². The number of aromatic nitrogens is 1. The lowest BCUT2D eigenvalue weighted by Gasteiger charge is -2.03. The van der Waals surface area contributed by atoms with Crippen LogP contribution in [0, 0.1) is 0 Å². The highest BCUT2D eigenvalue weighted by atomic mass is 16.8. The number of carbonyl (C=O) groups excluding carboxylic acids is 2. The van der Waals surface area contributed by atoms with Crippen molar-refractivity contribution in [2.45, 2.75) is 13.3 Å². The average molecular weight is 245 g/mol. The van der Waals surface area contributed by atoms with Gasteiger partial charge in [0.15, 0.2) is 5.76 Å². The average Bonchev–Trinajstić information content (AvgIpc) is 2.71. The van der Waals surface area contributed by atoms with Gasteiger partial charge < -0.3 is 23.5 Å². The monoisotopic (exact) mass is 245 g/mol. The van der Waals surface area contributed by atoms with Crippen LogP contribution < -0.4 is 9.47 Å². The first-order valence-electron chi connectivity index (χ1n) is 4.62. The fourth-order valence-corrected chi connectivity index (χ4v) is 0.935. The summed E-state index contributed by atoms with van der Waals surface area (Å²) in [4.78, 5) is 21.9. The molecular weight excluding hydrogens is 234 g/mol. The van der Waals surface area contributed by atoms with Gasteiger partial charge in [0.1, 0.15) is 0 Å². The lowest BCUT2D eigenvalue weighted by Crippen LogP contribution is -2.12. The van der Waals surface area contributed by atoms with E-state index in [2.05, 4.69) is 19.4 Å². The molecule has 0 atom stereocenters. The van der Waals surface area contributed by atoms with Crippen molar-refractivity contribution in [3.8, 4) is 11.6 Å². The zero-order valence-corrected chi connectivity index (χ0v) is 9.51. The van der Waals surface area contributed by atoms with Crippen LogP contribution in [0.4, 0.5) is 9.59 Å². The van der Waals surface area contributed by atoms with Crippen LogP contribution in [0.15, 0.2) is 4.52 Å². The van der Waals surface area contributed by atoms with Crippen LogP contribution in [0.2, 0.25) is 0 Å². The summed E-state index contributed by atoms with van der Waals surface area (Å²) in [6.45, 7) is 1.74. The molecule has 0 saturated carbocycles. The number of methoxy groups -OCH3 is 2. The van der Waals surface area contributed by atoms with Crippen molar-refractivity contribution in [2.24, 2.45) is 0 Å². The molecule has 8 heteroatoms. The molecule has 0 saturated heterocycles. The van der Waals surface area contributed by atoms with E-state index in [0.29, 0.717) is 6.42 Å². The second kappa shape index (κ2) is 5.73. The van der Waals surface area contributed by atoms with Crippen molar-refractivity contribution in [3.63, 3.8) is 0 Å². The molecule has 0 fully saturated rings. The Kier molecular flexibility index (Phi) is 4.32. The lowest BCUT2D eigenvalue weighted by molar-refractivity contribution is 0.109. The number of hydrogen-bond donors (Lipinski definition) is 0. The maximum Gasteiger partial charge on any atom is 0.515 e. The van der Waals surface area contributed by atoms with Crippen molar-refractivity contribution in [3.05, 3.63) is 5.76 Å². The Morgan fingerprint density at radius 2 is 1.76 bits per heavy atom. The molecule has 0 spiro atoms. The van der Waals surface area contributed by atoms with Crippen molar-refractivity contribution < 1.29 is 33.1 Å². The Morgan fingerprint density at radius 3 is 2.29 bits per heavy atom. The van der Waals surface area contributed by atoms with E-state index < -0.39 is 12.3 Å². The topological polar surface area (TPSA) is 97.1 Å². The minimum absolute atomic E-state index is 0.107. The van der Waals surface area contributed by atoms with E-state index in [0.717, 1.165) is 14.2 Å². The second-order valence-electron chi connectivity index (χ2n) is 2.71. The highest BCUT2D eigenvalue weighted by molar-refractivity contribution is 5.68. The number of rotatable bonds is 3. The third-order valence-electron chi connectivity index (χ3n) is 1.71. The van der Waals surface area contributed by atoms with Crippen LogP contribution in [0.25, 0.3) is 0 Å². The van der Waals surface area contributed by atoms with Gasteiger partial charge in [0.25, 0.3) is 0 Å².